The molecule has 0 heterocycles. The summed E-state index contributed by atoms with van der Waals surface area (Å²) in [5, 5.41) is 0. The molecule has 0 saturated carbocycles. The van der Waals surface area contributed by atoms with Crippen molar-refractivity contribution in [3.63, 3.8) is 0 Å². The van der Waals surface area contributed by atoms with Crippen molar-refractivity contribution >= 4 is 23.0 Å². The standard InChI is InChI=1S/C16H31NO2.BrH/c1-4-16(18)19-15-13-11-9-7-5-6-8-10-12-14-17(2)3;/h4H,1,5-15H2,2-3H3;1H. The fraction of sp³-hybridized carbons (Fsp3) is 0.812. The number of halogens is 1. The highest BCUT2D eigenvalue weighted by atomic mass is 79.9. The lowest BCUT2D eigenvalue weighted by molar-refractivity contribution is -0.137. The van der Waals surface area contributed by atoms with Crippen molar-refractivity contribution in [1.29, 1.82) is 0 Å². The van der Waals surface area contributed by atoms with E-state index in [1.165, 1.54) is 57.6 Å². The zero-order valence-corrected chi connectivity index (χ0v) is 14.9. The first-order chi connectivity index (χ1) is 9.16. The second kappa shape index (κ2) is 16.7. The molecule has 20 heavy (non-hydrogen) atoms. The molecule has 0 aromatic rings. The van der Waals surface area contributed by atoms with Crippen molar-refractivity contribution < 1.29 is 9.53 Å². The van der Waals surface area contributed by atoms with Gasteiger partial charge in [0, 0.05) is 6.08 Å². The molecule has 0 N–H and O–H groups in total. The second-order valence-corrected chi connectivity index (χ2v) is 5.36. The predicted molar refractivity (Wildman–Crippen MR) is 91.6 cm³/mol. The van der Waals surface area contributed by atoms with Crippen LogP contribution in [0.1, 0.15) is 57.8 Å². The topological polar surface area (TPSA) is 29.5 Å². The van der Waals surface area contributed by atoms with Gasteiger partial charge in [-0.15, -0.1) is 17.0 Å². The summed E-state index contributed by atoms with van der Waals surface area (Å²) in [6.07, 6.45) is 12.7. The fourth-order valence-corrected chi connectivity index (χ4v) is 2.00. The summed E-state index contributed by atoms with van der Waals surface area (Å²) in [5.74, 6) is -0.308. The smallest absolute Gasteiger partial charge is 0.330 e. The fourth-order valence-electron chi connectivity index (χ4n) is 2.00. The van der Waals surface area contributed by atoms with Crippen LogP contribution >= 0.6 is 17.0 Å². The van der Waals surface area contributed by atoms with Crippen LogP contribution in [-0.4, -0.2) is 38.1 Å². The minimum absolute atomic E-state index is 0. The van der Waals surface area contributed by atoms with Gasteiger partial charge in [-0.25, -0.2) is 4.79 Å². The van der Waals surface area contributed by atoms with Gasteiger partial charge in [0.2, 0.25) is 0 Å². The van der Waals surface area contributed by atoms with Crippen LogP contribution in [0.4, 0.5) is 0 Å². The van der Waals surface area contributed by atoms with Crippen LogP contribution in [0.15, 0.2) is 12.7 Å². The molecule has 0 aliphatic rings. The summed E-state index contributed by atoms with van der Waals surface area (Å²) < 4.78 is 4.92. The number of ether oxygens (including phenoxy) is 1. The van der Waals surface area contributed by atoms with Gasteiger partial charge in [-0.2, -0.15) is 0 Å². The highest BCUT2D eigenvalue weighted by molar-refractivity contribution is 8.93. The quantitative estimate of drug-likeness (QED) is 0.281. The van der Waals surface area contributed by atoms with Crippen LogP contribution in [0, 0.1) is 0 Å². The Kier molecular flexibility index (Phi) is 18.3. The van der Waals surface area contributed by atoms with E-state index in [4.69, 9.17) is 4.74 Å². The van der Waals surface area contributed by atoms with Gasteiger partial charge < -0.3 is 9.64 Å². The molecule has 3 nitrogen and oxygen atoms in total. The molecule has 0 atom stereocenters. The highest BCUT2D eigenvalue weighted by Crippen LogP contribution is 2.09. The number of carbonyl (C=O) groups is 1. The van der Waals surface area contributed by atoms with Gasteiger partial charge in [0.15, 0.2) is 0 Å². The van der Waals surface area contributed by atoms with Gasteiger partial charge in [-0.05, 0) is 33.5 Å². The molecule has 0 fully saturated rings. The minimum atomic E-state index is -0.308. The average Bonchev–Trinajstić information content (AvgIpc) is 2.39. The molecule has 0 aliphatic heterocycles. The van der Waals surface area contributed by atoms with Crippen molar-refractivity contribution in [3.05, 3.63) is 12.7 Å². The average molecular weight is 350 g/mol. The van der Waals surface area contributed by atoms with E-state index in [2.05, 4.69) is 25.6 Å². The molecular formula is C16H32BrNO2. The Morgan fingerprint density at radius 3 is 1.85 bits per heavy atom. The van der Waals surface area contributed by atoms with Gasteiger partial charge >= 0.3 is 5.97 Å². The molecule has 120 valence electrons. The van der Waals surface area contributed by atoms with E-state index in [1.54, 1.807) is 0 Å². The summed E-state index contributed by atoms with van der Waals surface area (Å²) in [6, 6.07) is 0. The molecule has 0 unspecified atom stereocenters. The first-order valence-electron chi connectivity index (χ1n) is 7.60. The van der Waals surface area contributed by atoms with E-state index in [1.807, 2.05) is 0 Å². The Labute approximate surface area is 135 Å². The molecule has 0 aromatic heterocycles. The zero-order chi connectivity index (χ0) is 14.3. The molecule has 4 heteroatoms. The highest BCUT2D eigenvalue weighted by Gasteiger charge is 1.96. The number of carbonyl (C=O) groups excluding carboxylic acids is 1. The maximum atomic E-state index is 10.8. The Bertz CT molecular complexity index is 233. The summed E-state index contributed by atoms with van der Waals surface area (Å²) in [6.45, 7) is 5.11. The first kappa shape index (κ1) is 21.9. The SMILES string of the molecule is Br.C=CC(=O)OCCCCCCCCCCCN(C)C. The maximum Gasteiger partial charge on any atom is 0.330 e. The van der Waals surface area contributed by atoms with Crippen LogP contribution in [-0.2, 0) is 9.53 Å². The van der Waals surface area contributed by atoms with E-state index in [-0.39, 0.29) is 23.0 Å². The van der Waals surface area contributed by atoms with Crippen LogP contribution in [0.5, 0.6) is 0 Å². The predicted octanol–water partition coefficient (Wildman–Crippen LogP) is 4.37. The van der Waals surface area contributed by atoms with Gasteiger partial charge in [-0.3, -0.25) is 0 Å². The van der Waals surface area contributed by atoms with Crippen molar-refractivity contribution in [2.75, 3.05) is 27.2 Å². The van der Waals surface area contributed by atoms with Crippen molar-refractivity contribution in [2.45, 2.75) is 57.8 Å². The number of unbranched alkanes of at least 4 members (excludes halogenated alkanes) is 8. The third kappa shape index (κ3) is 17.6. The first-order valence-corrected chi connectivity index (χ1v) is 7.60. The summed E-state index contributed by atoms with van der Waals surface area (Å²) in [5.41, 5.74) is 0. The Hall–Kier alpha value is -0.350. The van der Waals surface area contributed by atoms with E-state index in [9.17, 15) is 4.79 Å². The molecule has 0 radical (unpaired) electrons. The Morgan fingerprint density at radius 2 is 1.40 bits per heavy atom. The van der Waals surface area contributed by atoms with Crippen LogP contribution in [0.25, 0.3) is 0 Å². The Morgan fingerprint density at radius 1 is 0.950 bits per heavy atom. The van der Waals surface area contributed by atoms with Gasteiger partial charge in [0.25, 0.3) is 0 Å². The summed E-state index contributed by atoms with van der Waals surface area (Å²) in [4.78, 5) is 13.0. The van der Waals surface area contributed by atoms with Crippen molar-refractivity contribution in [2.24, 2.45) is 0 Å². The maximum absolute atomic E-state index is 10.8. The summed E-state index contributed by atoms with van der Waals surface area (Å²) in [7, 11) is 4.26. The van der Waals surface area contributed by atoms with Crippen LogP contribution < -0.4 is 0 Å². The van der Waals surface area contributed by atoms with E-state index >= 15 is 0 Å². The van der Waals surface area contributed by atoms with Gasteiger partial charge in [0.1, 0.15) is 0 Å². The lowest BCUT2D eigenvalue weighted by atomic mass is 10.1. The molecule has 0 saturated heterocycles. The van der Waals surface area contributed by atoms with E-state index in [0.29, 0.717) is 6.61 Å². The number of hydrogen-bond acceptors (Lipinski definition) is 3. The van der Waals surface area contributed by atoms with E-state index in [0.717, 1.165) is 12.8 Å². The van der Waals surface area contributed by atoms with Crippen molar-refractivity contribution in [1.82, 2.24) is 4.90 Å². The van der Waals surface area contributed by atoms with Crippen LogP contribution in [0.3, 0.4) is 0 Å². The largest absolute Gasteiger partial charge is 0.463 e. The number of rotatable bonds is 13. The van der Waals surface area contributed by atoms with Crippen LogP contribution in [0.2, 0.25) is 0 Å². The molecule has 0 aliphatic carbocycles. The molecule has 0 bridgehead atoms. The number of hydrogen-bond donors (Lipinski definition) is 0. The zero-order valence-electron chi connectivity index (χ0n) is 13.2. The molecule has 0 rings (SSSR count). The van der Waals surface area contributed by atoms with Gasteiger partial charge in [-0.1, -0.05) is 51.5 Å². The second-order valence-electron chi connectivity index (χ2n) is 5.36. The molecule has 0 aromatic carbocycles. The summed E-state index contributed by atoms with van der Waals surface area (Å²) >= 11 is 0. The molecular weight excluding hydrogens is 318 g/mol. The monoisotopic (exact) mass is 349 g/mol. The van der Waals surface area contributed by atoms with Gasteiger partial charge in [0.05, 0.1) is 6.61 Å². The normalized spacial score (nSPS) is 10.2. The lowest BCUT2D eigenvalue weighted by Crippen LogP contribution is -2.12. The van der Waals surface area contributed by atoms with E-state index < -0.39 is 0 Å². The molecule has 0 amide bonds. The number of esters is 1. The lowest BCUT2D eigenvalue weighted by Gasteiger charge is -2.08. The number of nitrogens with zero attached hydrogens (tertiary/aromatic N) is 1. The third-order valence-corrected chi connectivity index (χ3v) is 3.16. The third-order valence-electron chi connectivity index (χ3n) is 3.16. The van der Waals surface area contributed by atoms with Crippen molar-refractivity contribution in [3.8, 4) is 0 Å². The molecule has 0 spiro atoms. The Balaban J connectivity index is 0. The minimum Gasteiger partial charge on any atom is -0.463 e.